The lowest BCUT2D eigenvalue weighted by atomic mass is 10.1. The molecule has 0 heterocycles. The second-order valence-electron chi connectivity index (χ2n) is 3.06. The first-order valence-corrected chi connectivity index (χ1v) is 4.86. The summed E-state index contributed by atoms with van der Waals surface area (Å²) >= 11 is 5.60. The zero-order chi connectivity index (χ0) is 13.1. The molecule has 0 unspecified atom stereocenters. The van der Waals surface area contributed by atoms with Gasteiger partial charge in [0.05, 0.1) is 17.7 Å². The molecule has 0 aliphatic heterocycles. The molecule has 0 fully saturated rings. The lowest BCUT2D eigenvalue weighted by molar-refractivity contribution is -0.137. The first-order valence-electron chi connectivity index (χ1n) is 4.48. The number of ether oxygens (including phenoxy) is 1. The van der Waals surface area contributed by atoms with Crippen LogP contribution in [0.3, 0.4) is 0 Å². The summed E-state index contributed by atoms with van der Waals surface area (Å²) in [6.45, 7) is 0. The summed E-state index contributed by atoms with van der Waals surface area (Å²) in [4.78, 5) is 10.8. The number of carbonyl (C=O) groups excluding carboxylic acids is 1. The van der Waals surface area contributed by atoms with E-state index in [0.29, 0.717) is 0 Å². The Morgan fingerprint density at radius 2 is 2.06 bits per heavy atom. The van der Waals surface area contributed by atoms with Crippen molar-refractivity contribution in [2.24, 2.45) is 0 Å². The van der Waals surface area contributed by atoms with Crippen molar-refractivity contribution in [1.82, 2.24) is 0 Å². The molecular weight excluding hydrogens is 257 g/mol. The smallest absolute Gasteiger partial charge is 0.417 e. The van der Waals surface area contributed by atoms with Crippen LogP contribution in [-0.2, 0) is 15.7 Å². The highest BCUT2D eigenvalue weighted by molar-refractivity contribution is 6.33. The number of benzene rings is 1. The van der Waals surface area contributed by atoms with E-state index in [1.54, 1.807) is 0 Å². The number of hydrogen-bond acceptors (Lipinski definition) is 2. The molecule has 0 saturated carbocycles. The standard InChI is InChI=1S/C11H8ClF3O2/c1-17-9(16)6-5-7-3-2-4-8(10(7)12)11(13,14)15/h2-6H,1H3. The fraction of sp³-hybridized carbons (Fsp3) is 0.182. The number of methoxy groups -OCH3 is 1. The van der Waals surface area contributed by atoms with Crippen molar-refractivity contribution in [2.75, 3.05) is 7.11 Å². The normalized spacial score (nSPS) is 11.8. The Balaban J connectivity index is 3.12. The Labute approximate surface area is 101 Å². The average Bonchev–Trinajstić information content (AvgIpc) is 2.25. The van der Waals surface area contributed by atoms with Crippen LogP contribution in [0.2, 0.25) is 5.02 Å². The molecule has 0 bridgehead atoms. The average molecular weight is 265 g/mol. The van der Waals surface area contributed by atoms with Crippen molar-refractivity contribution < 1.29 is 22.7 Å². The molecular formula is C11H8ClF3O2. The van der Waals surface area contributed by atoms with Gasteiger partial charge in [0.1, 0.15) is 0 Å². The van der Waals surface area contributed by atoms with Gasteiger partial charge in [-0.25, -0.2) is 4.79 Å². The minimum atomic E-state index is -4.52. The van der Waals surface area contributed by atoms with Gasteiger partial charge in [0, 0.05) is 6.08 Å². The van der Waals surface area contributed by atoms with Gasteiger partial charge in [-0.15, -0.1) is 0 Å². The molecule has 0 radical (unpaired) electrons. The van der Waals surface area contributed by atoms with Gasteiger partial charge in [0.25, 0.3) is 0 Å². The lowest BCUT2D eigenvalue weighted by Crippen LogP contribution is -2.06. The van der Waals surface area contributed by atoms with E-state index in [2.05, 4.69) is 4.74 Å². The van der Waals surface area contributed by atoms with Crippen molar-refractivity contribution >= 4 is 23.6 Å². The van der Waals surface area contributed by atoms with Crippen LogP contribution in [0.5, 0.6) is 0 Å². The molecule has 0 amide bonds. The van der Waals surface area contributed by atoms with Crippen molar-refractivity contribution in [2.45, 2.75) is 6.18 Å². The van der Waals surface area contributed by atoms with Gasteiger partial charge in [-0.05, 0) is 17.7 Å². The maximum Gasteiger partial charge on any atom is 0.417 e. The molecule has 6 heteroatoms. The van der Waals surface area contributed by atoms with Crippen LogP contribution in [0.15, 0.2) is 24.3 Å². The molecule has 1 rings (SSSR count). The first kappa shape index (κ1) is 13.6. The van der Waals surface area contributed by atoms with Gasteiger partial charge in [0.15, 0.2) is 0 Å². The van der Waals surface area contributed by atoms with E-state index in [-0.39, 0.29) is 5.56 Å². The molecule has 1 aromatic rings. The van der Waals surface area contributed by atoms with E-state index >= 15 is 0 Å². The molecule has 17 heavy (non-hydrogen) atoms. The van der Waals surface area contributed by atoms with Crippen LogP contribution in [-0.4, -0.2) is 13.1 Å². The summed E-state index contributed by atoms with van der Waals surface area (Å²) < 4.78 is 41.8. The van der Waals surface area contributed by atoms with E-state index in [0.717, 1.165) is 12.1 Å². The van der Waals surface area contributed by atoms with Gasteiger partial charge in [0.2, 0.25) is 0 Å². The molecule has 0 aliphatic carbocycles. The van der Waals surface area contributed by atoms with E-state index in [1.165, 1.54) is 25.3 Å². The van der Waals surface area contributed by atoms with E-state index < -0.39 is 22.7 Å². The number of alkyl halides is 3. The molecule has 0 aromatic heterocycles. The second-order valence-corrected chi connectivity index (χ2v) is 3.44. The van der Waals surface area contributed by atoms with E-state index in [9.17, 15) is 18.0 Å². The zero-order valence-corrected chi connectivity index (χ0v) is 9.47. The van der Waals surface area contributed by atoms with Gasteiger partial charge in [-0.3, -0.25) is 0 Å². The maximum atomic E-state index is 12.5. The van der Waals surface area contributed by atoms with Crippen molar-refractivity contribution in [1.29, 1.82) is 0 Å². The Morgan fingerprint density at radius 3 is 2.59 bits per heavy atom. The van der Waals surface area contributed by atoms with Crippen LogP contribution in [0.1, 0.15) is 11.1 Å². The second kappa shape index (κ2) is 5.23. The number of halogens is 4. The van der Waals surface area contributed by atoms with Crippen molar-refractivity contribution in [3.63, 3.8) is 0 Å². The Bertz CT molecular complexity index is 453. The summed E-state index contributed by atoms with van der Waals surface area (Å²) in [6.07, 6.45) is -2.35. The Kier molecular flexibility index (Phi) is 4.17. The van der Waals surface area contributed by atoms with Crippen molar-refractivity contribution in [3.05, 3.63) is 40.4 Å². The summed E-state index contributed by atoms with van der Waals surface area (Å²) in [5.74, 6) is -0.668. The SMILES string of the molecule is COC(=O)C=Cc1cccc(C(F)(F)F)c1Cl. The first-order chi connectivity index (χ1) is 7.86. The predicted molar refractivity (Wildman–Crippen MR) is 57.5 cm³/mol. The minimum Gasteiger partial charge on any atom is -0.466 e. The third-order valence-electron chi connectivity index (χ3n) is 1.93. The van der Waals surface area contributed by atoms with E-state index in [1.807, 2.05) is 0 Å². The van der Waals surface area contributed by atoms with Gasteiger partial charge >= 0.3 is 12.1 Å². The molecule has 1 aromatic carbocycles. The fourth-order valence-corrected chi connectivity index (χ4v) is 1.42. The largest absolute Gasteiger partial charge is 0.466 e. The molecule has 0 saturated heterocycles. The number of hydrogen-bond donors (Lipinski definition) is 0. The lowest BCUT2D eigenvalue weighted by Gasteiger charge is -2.10. The number of rotatable bonds is 2. The highest BCUT2D eigenvalue weighted by Gasteiger charge is 2.33. The van der Waals surface area contributed by atoms with Crippen molar-refractivity contribution in [3.8, 4) is 0 Å². The summed E-state index contributed by atoms with van der Waals surface area (Å²) in [5.41, 5.74) is -0.835. The Morgan fingerprint density at radius 1 is 1.41 bits per heavy atom. The summed E-state index contributed by atoms with van der Waals surface area (Å²) in [6, 6.07) is 3.46. The molecule has 0 atom stereocenters. The maximum absolute atomic E-state index is 12.5. The highest BCUT2D eigenvalue weighted by atomic mass is 35.5. The molecule has 0 spiro atoms. The summed E-state index contributed by atoms with van der Waals surface area (Å²) in [7, 11) is 1.17. The molecule has 92 valence electrons. The van der Waals surface area contributed by atoms with Gasteiger partial charge in [-0.2, -0.15) is 13.2 Å². The van der Waals surface area contributed by atoms with Gasteiger partial charge < -0.3 is 4.74 Å². The predicted octanol–water partition coefficient (Wildman–Crippen LogP) is 3.55. The van der Waals surface area contributed by atoms with E-state index in [4.69, 9.17) is 11.6 Å². The highest BCUT2D eigenvalue weighted by Crippen LogP contribution is 2.36. The molecule has 0 aliphatic rings. The number of esters is 1. The van der Waals surface area contributed by atoms with Crippen LogP contribution in [0.25, 0.3) is 6.08 Å². The number of carbonyl (C=O) groups is 1. The third kappa shape index (κ3) is 3.49. The van der Waals surface area contributed by atoms with Crippen LogP contribution < -0.4 is 0 Å². The Hall–Kier alpha value is -1.49. The minimum absolute atomic E-state index is 0.104. The van der Waals surface area contributed by atoms with Crippen LogP contribution in [0.4, 0.5) is 13.2 Å². The molecule has 2 nitrogen and oxygen atoms in total. The van der Waals surface area contributed by atoms with Crippen LogP contribution >= 0.6 is 11.6 Å². The topological polar surface area (TPSA) is 26.3 Å². The van der Waals surface area contributed by atoms with Crippen LogP contribution in [0, 0.1) is 0 Å². The fourth-order valence-electron chi connectivity index (χ4n) is 1.12. The van der Waals surface area contributed by atoms with Gasteiger partial charge in [-0.1, -0.05) is 23.7 Å². The monoisotopic (exact) mass is 264 g/mol. The zero-order valence-electron chi connectivity index (χ0n) is 8.72. The third-order valence-corrected chi connectivity index (χ3v) is 2.36. The summed E-state index contributed by atoms with van der Waals surface area (Å²) in [5, 5.41) is -0.444. The molecule has 0 N–H and O–H groups in total. The quantitative estimate of drug-likeness (QED) is 0.603.